The van der Waals surface area contributed by atoms with Crippen LogP contribution in [0.15, 0.2) is 188 Å². The lowest BCUT2D eigenvalue weighted by atomic mass is 9.74. The third-order valence-corrected chi connectivity index (χ3v) is 13.5. The molecule has 0 bridgehead atoms. The summed E-state index contributed by atoms with van der Waals surface area (Å²) in [6.45, 7) is 0. The Labute approximate surface area is 349 Å². The number of nitrogens with zero attached hydrogens (tertiary/aromatic N) is 1. The van der Waals surface area contributed by atoms with E-state index >= 15 is 0 Å². The van der Waals surface area contributed by atoms with E-state index in [1.165, 1.54) is 127 Å². The average molecular weight is 765 g/mol. The number of nitrogens with one attached hydrogen (secondary N) is 1. The molecule has 0 saturated carbocycles. The molecule has 2 aliphatic carbocycles. The molecule has 9 aromatic carbocycles. The van der Waals surface area contributed by atoms with Gasteiger partial charge in [-0.3, -0.25) is 0 Å². The van der Waals surface area contributed by atoms with E-state index in [1.807, 2.05) is 0 Å². The maximum Gasteiger partial charge on any atom is 0.0579 e. The highest BCUT2D eigenvalue weighted by Gasteiger charge is 2.32. The molecular weight excluding hydrogens is 725 g/mol. The van der Waals surface area contributed by atoms with Gasteiger partial charge in [0.1, 0.15) is 0 Å². The highest BCUT2D eigenvalue weighted by Crippen LogP contribution is 2.51. The first-order valence-electron chi connectivity index (χ1n) is 21.4. The Bertz CT molecular complexity index is 3510. The first kappa shape index (κ1) is 33.5. The molecule has 0 fully saturated rings. The van der Waals surface area contributed by atoms with Crippen LogP contribution >= 0.6 is 0 Å². The quantitative estimate of drug-likeness (QED) is 0.180. The molecule has 1 N–H and O–H groups in total. The molecule has 0 amide bonds. The number of hydrogen-bond acceptors (Lipinski definition) is 0. The van der Waals surface area contributed by atoms with E-state index in [0.717, 1.165) is 25.7 Å². The van der Waals surface area contributed by atoms with Crippen LogP contribution in [0.4, 0.5) is 0 Å². The number of rotatable bonds is 5. The SMILES string of the molecule is c1ccc(-c2ccccc2-c2ccc3[nH]c4c5c6c(cc4c3c2)CCc2c-6c(cc3c4cc(-c6ccccc6-c6ccccc6)ccc4n(-c4ccccc4)c23)CC5)cc1. The van der Waals surface area contributed by atoms with E-state index in [2.05, 4.69) is 198 Å². The van der Waals surface area contributed by atoms with Crippen LogP contribution in [0.3, 0.4) is 0 Å². The van der Waals surface area contributed by atoms with Gasteiger partial charge < -0.3 is 9.55 Å². The third kappa shape index (κ3) is 4.94. The van der Waals surface area contributed by atoms with E-state index in [0.29, 0.717) is 0 Å². The van der Waals surface area contributed by atoms with Crippen molar-refractivity contribution >= 4 is 43.6 Å². The summed E-state index contributed by atoms with van der Waals surface area (Å²) in [4.78, 5) is 3.96. The number of para-hydroxylation sites is 1. The van der Waals surface area contributed by atoms with Gasteiger partial charge in [0.25, 0.3) is 0 Å². The van der Waals surface area contributed by atoms with Crippen LogP contribution in [0, 0.1) is 0 Å². The van der Waals surface area contributed by atoms with Gasteiger partial charge in [0.2, 0.25) is 0 Å². The lowest BCUT2D eigenvalue weighted by Gasteiger charge is -2.31. The lowest BCUT2D eigenvalue weighted by Crippen LogP contribution is -2.15. The van der Waals surface area contributed by atoms with Gasteiger partial charge >= 0.3 is 0 Å². The van der Waals surface area contributed by atoms with E-state index in [9.17, 15) is 0 Å². The Balaban J connectivity index is 1.02. The molecule has 2 aromatic heterocycles. The standard InChI is InChI=1S/C58H40N2/c1-4-14-36(15-5-1)43-20-10-12-22-45(43)38-26-30-53-49(32-38)51-34-40-25-29-48-56-41(24-28-47(55(40)56)57(51)59-53)35-52-50-33-39(46-23-13-11-21-44(46)37-16-6-2-7-17-37)27-31-54(50)60(58(48)52)42-18-8-3-9-19-42/h1-23,26-27,30-35,59H,24-25,28-29H2. The number of H-pyrrole nitrogens is 1. The zero-order valence-electron chi connectivity index (χ0n) is 33.2. The summed E-state index contributed by atoms with van der Waals surface area (Å²) in [5.74, 6) is 0. The summed E-state index contributed by atoms with van der Waals surface area (Å²) in [7, 11) is 0. The Morgan fingerprint density at radius 3 is 1.50 bits per heavy atom. The largest absolute Gasteiger partial charge is 0.354 e. The summed E-state index contributed by atoms with van der Waals surface area (Å²) < 4.78 is 2.56. The van der Waals surface area contributed by atoms with Crippen molar-refractivity contribution in [1.29, 1.82) is 0 Å². The second-order valence-corrected chi connectivity index (χ2v) is 16.7. The highest BCUT2D eigenvalue weighted by molar-refractivity contribution is 6.16. The Hall–Kier alpha value is -7.42. The van der Waals surface area contributed by atoms with Crippen molar-refractivity contribution in [3.05, 3.63) is 210 Å². The summed E-state index contributed by atoms with van der Waals surface area (Å²) in [6.07, 6.45) is 4.10. The van der Waals surface area contributed by atoms with Crippen LogP contribution in [0.1, 0.15) is 22.3 Å². The molecule has 2 nitrogen and oxygen atoms in total. The highest BCUT2D eigenvalue weighted by atomic mass is 15.0. The second kappa shape index (κ2) is 13.0. The number of benzene rings is 9. The zero-order valence-corrected chi connectivity index (χ0v) is 33.2. The molecular formula is C58H40N2. The Kier molecular flexibility index (Phi) is 7.29. The molecule has 0 saturated heterocycles. The van der Waals surface area contributed by atoms with Crippen molar-refractivity contribution in [2.24, 2.45) is 0 Å². The van der Waals surface area contributed by atoms with Gasteiger partial charge in [-0.2, -0.15) is 0 Å². The van der Waals surface area contributed by atoms with Gasteiger partial charge in [0.05, 0.1) is 16.6 Å². The summed E-state index contributed by atoms with van der Waals surface area (Å²) in [6, 6.07) is 69.5. The molecule has 2 heteroatoms. The summed E-state index contributed by atoms with van der Waals surface area (Å²) in [5, 5.41) is 5.35. The molecule has 0 aliphatic heterocycles. The van der Waals surface area contributed by atoms with Crippen LogP contribution in [0.25, 0.3) is 105 Å². The fourth-order valence-corrected chi connectivity index (χ4v) is 10.9. The average Bonchev–Trinajstić information content (AvgIpc) is 3.86. The van der Waals surface area contributed by atoms with E-state index < -0.39 is 0 Å². The van der Waals surface area contributed by atoms with Crippen LogP contribution in [-0.2, 0) is 25.7 Å². The minimum atomic E-state index is 1.02. The van der Waals surface area contributed by atoms with Crippen molar-refractivity contribution in [3.63, 3.8) is 0 Å². The normalized spacial score (nSPS) is 13.1. The first-order valence-corrected chi connectivity index (χ1v) is 21.4. The van der Waals surface area contributed by atoms with E-state index in [-0.39, 0.29) is 0 Å². The number of aromatic nitrogens is 2. The minimum Gasteiger partial charge on any atom is -0.354 e. The molecule has 2 heterocycles. The predicted molar refractivity (Wildman–Crippen MR) is 252 cm³/mol. The van der Waals surface area contributed by atoms with Crippen molar-refractivity contribution < 1.29 is 0 Å². The maximum atomic E-state index is 3.96. The smallest absolute Gasteiger partial charge is 0.0579 e. The monoisotopic (exact) mass is 764 g/mol. The first-order chi connectivity index (χ1) is 29.8. The molecule has 2 aliphatic rings. The van der Waals surface area contributed by atoms with Gasteiger partial charge in [-0.15, -0.1) is 0 Å². The van der Waals surface area contributed by atoms with Crippen molar-refractivity contribution in [3.8, 4) is 61.3 Å². The molecule has 282 valence electrons. The number of aromatic amines is 1. The van der Waals surface area contributed by atoms with Crippen molar-refractivity contribution in [2.45, 2.75) is 25.7 Å². The van der Waals surface area contributed by atoms with Crippen molar-refractivity contribution in [2.75, 3.05) is 0 Å². The van der Waals surface area contributed by atoms with Gasteiger partial charge in [-0.25, -0.2) is 0 Å². The predicted octanol–water partition coefficient (Wildman–Crippen LogP) is 15.0. The summed E-state index contributed by atoms with van der Waals surface area (Å²) >= 11 is 0. The fourth-order valence-electron chi connectivity index (χ4n) is 10.9. The van der Waals surface area contributed by atoms with Crippen molar-refractivity contribution in [1.82, 2.24) is 9.55 Å². The zero-order chi connectivity index (χ0) is 39.3. The summed E-state index contributed by atoms with van der Waals surface area (Å²) in [5.41, 5.74) is 25.3. The van der Waals surface area contributed by atoms with Gasteiger partial charge in [-0.1, -0.05) is 140 Å². The minimum absolute atomic E-state index is 1.02. The van der Waals surface area contributed by atoms with Gasteiger partial charge in [0, 0.05) is 32.7 Å². The third-order valence-electron chi connectivity index (χ3n) is 13.5. The van der Waals surface area contributed by atoms with Crippen LogP contribution in [-0.4, -0.2) is 9.55 Å². The van der Waals surface area contributed by atoms with Gasteiger partial charge in [-0.05, 0) is 152 Å². The maximum absolute atomic E-state index is 3.96. The molecule has 0 atom stereocenters. The number of fused-ring (bicyclic) bond motifs is 8. The number of hydrogen-bond donors (Lipinski definition) is 1. The molecule has 0 unspecified atom stereocenters. The molecule has 60 heavy (non-hydrogen) atoms. The van der Waals surface area contributed by atoms with E-state index in [1.54, 1.807) is 0 Å². The molecule has 13 rings (SSSR count). The molecule has 0 radical (unpaired) electrons. The lowest BCUT2D eigenvalue weighted by molar-refractivity contribution is 0.885. The molecule has 0 spiro atoms. The van der Waals surface area contributed by atoms with E-state index in [4.69, 9.17) is 0 Å². The van der Waals surface area contributed by atoms with Crippen LogP contribution in [0.2, 0.25) is 0 Å². The Morgan fingerprint density at radius 1 is 0.367 bits per heavy atom. The van der Waals surface area contributed by atoms with Crippen LogP contribution in [0.5, 0.6) is 0 Å². The number of aryl methyl sites for hydroxylation is 4. The second-order valence-electron chi connectivity index (χ2n) is 16.7. The topological polar surface area (TPSA) is 20.7 Å². The Morgan fingerprint density at radius 2 is 0.867 bits per heavy atom. The fraction of sp³-hybridized carbons (Fsp3) is 0.0690. The van der Waals surface area contributed by atoms with Crippen LogP contribution < -0.4 is 0 Å². The molecule has 11 aromatic rings. The van der Waals surface area contributed by atoms with Gasteiger partial charge in [0.15, 0.2) is 0 Å².